The number of allylic oxidation sites excluding steroid dienone is 3. The molecule has 136 valence electrons. The van der Waals surface area contributed by atoms with E-state index >= 15 is 0 Å². The van der Waals surface area contributed by atoms with Crippen molar-refractivity contribution in [3.63, 3.8) is 0 Å². The lowest BCUT2D eigenvalue weighted by atomic mass is 9.90. The van der Waals surface area contributed by atoms with Crippen molar-refractivity contribution in [3.8, 4) is 11.5 Å². The minimum atomic E-state index is -1.58. The molecule has 0 spiro atoms. The van der Waals surface area contributed by atoms with E-state index < -0.39 is 16.1 Å². The normalized spacial score (nSPS) is 22.0. The fraction of sp³-hybridized carbons (Fsp3) is 0.700. The van der Waals surface area contributed by atoms with Crippen LogP contribution in [0, 0.1) is 23.3 Å². The average Bonchev–Trinajstić information content (AvgIpc) is 2.40. The summed E-state index contributed by atoms with van der Waals surface area (Å²) in [4.78, 5) is 0. The predicted octanol–water partition coefficient (Wildman–Crippen LogP) is 6.32. The van der Waals surface area contributed by atoms with E-state index in [9.17, 15) is 0 Å². The number of ether oxygens (including phenoxy) is 1. The van der Waals surface area contributed by atoms with Crippen LogP contribution in [0.4, 0.5) is 0 Å². The molecule has 0 aromatic carbocycles. The zero-order chi connectivity index (χ0) is 18.6. The Kier molecular flexibility index (Phi) is 7.62. The lowest BCUT2D eigenvalue weighted by Crippen LogP contribution is -2.36. The minimum Gasteiger partial charge on any atom is -0.381 e. The molecule has 1 aliphatic rings. The van der Waals surface area contributed by atoms with Crippen LogP contribution in [0.2, 0.25) is 43.8 Å². The Morgan fingerprint density at radius 1 is 1.17 bits per heavy atom. The fourth-order valence-electron chi connectivity index (χ4n) is 2.06. The summed E-state index contributed by atoms with van der Waals surface area (Å²) < 4.78 is 5.97. The van der Waals surface area contributed by atoms with Crippen LogP contribution in [0.15, 0.2) is 23.3 Å². The van der Waals surface area contributed by atoms with Crippen LogP contribution in [0.1, 0.15) is 20.8 Å². The SMILES string of the molecule is CC(C)(C)[Si](C)(C)C#CC1C=CC(Cl)=CC1COCC[Si](C)(C)C. The maximum atomic E-state index is 6.21. The topological polar surface area (TPSA) is 9.23 Å². The van der Waals surface area contributed by atoms with Crippen molar-refractivity contribution < 1.29 is 4.74 Å². The first-order valence-corrected chi connectivity index (χ1v) is 16.1. The third kappa shape index (κ3) is 7.31. The second-order valence-corrected chi connectivity index (χ2v) is 20.7. The highest BCUT2D eigenvalue weighted by Gasteiger charge is 2.34. The molecule has 24 heavy (non-hydrogen) atoms. The molecule has 2 unspecified atom stereocenters. The Labute approximate surface area is 156 Å². The Bertz CT molecular complexity index is 539. The minimum absolute atomic E-state index is 0.216. The van der Waals surface area contributed by atoms with Crippen molar-refractivity contribution in [2.24, 2.45) is 11.8 Å². The van der Waals surface area contributed by atoms with Crippen molar-refractivity contribution in [2.75, 3.05) is 13.2 Å². The van der Waals surface area contributed by atoms with E-state index in [0.717, 1.165) is 11.6 Å². The predicted molar refractivity (Wildman–Crippen MR) is 114 cm³/mol. The Morgan fingerprint density at radius 3 is 2.33 bits per heavy atom. The standard InChI is InChI=1S/C20H35ClOSi2/c1-20(2,3)24(7,8)13-11-17-9-10-19(21)15-18(17)16-22-12-14-23(4,5)6/h9-10,15,17-18H,12,14,16H2,1-8H3. The van der Waals surface area contributed by atoms with Gasteiger partial charge in [-0.05, 0) is 17.2 Å². The van der Waals surface area contributed by atoms with Crippen LogP contribution < -0.4 is 0 Å². The first-order chi connectivity index (χ1) is 10.8. The summed E-state index contributed by atoms with van der Waals surface area (Å²) in [5.74, 6) is 4.03. The molecule has 0 bridgehead atoms. The average molecular weight is 383 g/mol. The van der Waals surface area contributed by atoms with Crippen molar-refractivity contribution in [3.05, 3.63) is 23.3 Å². The molecular formula is C20H35ClOSi2. The first-order valence-electron chi connectivity index (χ1n) is 8.98. The number of halogens is 1. The van der Waals surface area contributed by atoms with Crippen molar-refractivity contribution >= 4 is 27.7 Å². The van der Waals surface area contributed by atoms with Gasteiger partial charge < -0.3 is 4.74 Å². The summed E-state index contributed by atoms with van der Waals surface area (Å²) in [6.07, 6.45) is 6.24. The molecule has 1 rings (SSSR count). The summed E-state index contributed by atoms with van der Waals surface area (Å²) in [5, 5.41) is 1.09. The van der Waals surface area contributed by atoms with Gasteiger partial charge in [0.25, 0.3) is 0 Å². The molecule has 4 heteroatoms. The van der Waals surface area contributed by atoms with E-state index in [2.05, 4.69) is 77.1 Å². The van der Waals surface area contributed by atoms with Gasteiger partial charge in [0.05, 0.1) is 6.61 Å². The van der Waals surface area contributed by atoms with Gasteiger partial charge in [-0.3, -0.25) is 0 Å². The molecule has 1 aliphatic carbocycles. The van der Waals surface area contributed by atoms with Crippen molar-refractivity contribution in [1.29, 1.82) is 0 Å². The molecule has 0 radical (unpaired) electrons. The van der Waals surface area contributed by atoms with Crippen LogP contribution in [-0.2, 0) is 4.74 Å². The van der Waals surface area contributed by atoms with Gasteiger partial charge >= 0.3 is 0 Å². The molecule has 0 aromatic rings. The molecule has 0 amide bonds. The van der Waals surface area contributed by atoms with Gasteiger partial charge in [0.2, 0.25) is 0 Å². The quantitative estimate of drug-likeness (QED) is 0.307. The van der Waals surface area contributed by atoms with Gasteiger partial charge in [-0.15, -0.1) is 11.5 Å². The summed E-state index contributed by atoms with van der Waals surface area (Å²) in [6.45, 7) is 20.3. The van der Waals surface area contributed by atoms with Gasteiger partial charge in [0.15, 0.2) is 0 Å². The fourth-order valence-corrected chi connectivity index (χ4v) is 3.95. The van der Waals surface area contributed by atoms with E-state index in [1.54, 1.807) is 0 Å². The summed E-state index contributed by atoms with van der Waals surface area (Å²) in [7, 11) is -2.62. The third-order valence-corrected chi connectivity index (χ3v) is 11.5. The van der Waals surface area contributed by atoms with Gasteiger partial charge in [0.1, 0.15) is 8.07 Å². The van der Waals surface area contributed by atoms with Crippen LogP contribution >= 0.6 is 11.6 Å². The highest BCUT2D eigenvalue weighted by molar-refractivity contribution is 6.87. The van der Waals surface area contributed by atoms with Crippen LogP contribution in [0.3, 0.4) is 0 Å². The van der Waals surface area contributed by atoms with E-state index in [0.29, 0.717) is 6.61 Å². The molecule has 0 aromatic heterocycles. The number of hydrogen-bond acceptors (Lipinski definition) is 1. The summed E-state index contributed by atoms with van der Waals surface area (Å²) in [6, 6.07) is 1.20. The van der Waals surface area contributed by atoms with Gasteiger partial charge in [-0.25, -0.2) is 0 Å². The number of hydrogen-bond donors (Lipinski definition) is 0. The summed E-state index contributed by atoms with van der Waals surface area (Å²) >= 11 is 6.21. The maximum absolute atomic E-state index is 6.21. The van der Waals surface area contributed by atoms with Gasteiger partial charge in [-0.2, -0.15) is 0 Å². The van der Waals surface area contributed by atoms with Crippen LogP contribution in [0.25, 0.3) is 0 Å². The lowest BCUT2D eigenvalue weighted by Gasteiger charge is -2.32. The van der Waals surface area contributed by atoms with Crippen LogP contribution in [0.5, 0.6) is 0 Å². The molecule has 0 saturated heterocycles. The Hall–Kier alpha value is -0.276. The molecule has 0 saturated carbocycles. The van der Waals surface area contributed by atoms with Crippen molar-refractivity contribution in [2.45, 2.75) is 64.6 Å². The maximum Gasteiger partial charge on any atom is 0.137 e. The molecule has 0 N–H and O–H groups in total. The smallest absolute Gasteiger partial charge is 0.137 e. The molecule has 0 fully saturated rings. The molecule has 1 nitrogen and oxygen atoms in total. The van der Waals surface area contributed by atoms with E-state index in [4.69, 9.17) is 16.3 Å². The Morgan fingerprint density at radius 2 is 1.79 bits per heavy atom. The lowest BCUT2D eigenvalue weighted by molar-refractivity contribution is 0.117. The van der Waals surface area contributed by atoms with E-state index in [-0.39, 0.29) is 16.9 Å². The van der Waals surface area contributed by atoms with Crippen LogP contribution in [-0.4, -0.2) is 29.4 Å². The highest BCUT2D eigenvalue weighted by atomic mass is 35.5. The zero-order valence-corrected chi connectivity index (χ0v) is 19.6. The Balaban J connectivity index is 2.74. The molecule has 0 aliphatic heterocycles. The van der Waals surface area contributed by atoms with Gasteiger partial charge in [0, 0.05) is 31.5 Å². The molecule has 2 atom stereocenters. The number of rotatable bonds is 5. The van der Waals surface area contributed by atoms with E-state index in [1.807, 2.05) is 6.08 Å². The van der Waals surface area contributed by atoms with E-state index in [1.165, 1.54) is 6.04 Å². The third-order valence-electron chi connectivity index (χ3n) is 5.03. The summed E-state index contributed by atoms with van der Waals surface area (Å²) in [5.41, 5.74) is 3.64. The highest BCUT2D eigenvalue weighted by Crippen LogP contribution is 2.35. The largest absolute Gasteiger partial charge is 0.381 e. The monoisotopic (exact) mass is 382 g/mol. The van der Waals surface area contributed by atoms with Crippen molar-refractivity contribution in [1.82, 2.24) is 0 Å². The second kappa shape index (κ2) is 8.40. The second-order valence-electron chi connectivity index (χ2n) is 9.63. The zero-order valence-electron chi connectivity index (χ0n) is 16.8. The van der Waals surface area contributed by atoms with Gasteiger partial charge in [-0.1, -0.05) is 77.3 Å². The molecule has 0 heterocycles. The first kappa shape index (κ1) is 21.8. The molecular weight excluding hydrogens is 348 g/mol.